The number of carboxylic acids is 1. The van der Waals surface area contributed by atoms with Gasteiger partial charge in [0.2, 0.25) is 0 Å². The number of carboxylic acid groups (broad SMARTS) is 1. The number of benzene rings is 1. The van der Waals surface area contributed by atoms with Crippen molar-refractivity contribution in [3.63, 3.8) is 0 Å². The number of rotatable bonds is 4. The van der Waals surface area contributed by atoms with E-state index < -0.39 is 5.97 Å². The topological polar surface area (TPSA) is 72.2 Å². The Labute approximate surface area is 136 Å². The number of carbonyl (C=O) groups is 1. The molecule has 0 aliphatic heterocycles. The molecule has 3 aromatic rings. The Balaban J connectivity index is 2.17. The average Bonchev–Trinajstić information content (AvgIpc) is 2.91. The van der Waals surface area contributed by atoms with Gasteiger partial charge in [0.15, 0.2) is 0 Å². The van der Waals surface area contributed by atoms with Crippen molar-refractivity contribution in [2.24, 2.45) is 0 Å². The Morgan fingerprint density at radius 1 is 1.30 bits per heavy atom. The molecule has 23 heavy (non-hydrogen) atoms. The minimum atomic E-state index is -0.933. The lowest BCUT2D eigenvalue weighted by Crippen LogP contribution is -2.21. The third-order valence-corrected chi connectivity index (χ3v) is 4.69. The van der Waals surface area contributed by atoms with E-state index in [4.69, 9.17) is 5.11 Å². The van der Waals surface area contributed by atoms with Gasteiger partial charge in [-0.15, -0.1) is 11.3 Å². The highest BCUT2D eigenvalue weighted by Crippen LogP contribution is 2.32. The average molecular weight is 328 g/mol. The monoisotopic (exact) mass is 328 g/mol. The van der Waals surface area contributed by atoms with Crippen LogP contribution in [0, 0.1) is 13.8 Å². The predicted molar refractivity (Wildman–Crippen MR) is 91.0 cm³/mol. The van der Waals surface area contributed by atoms with E-state index in [1.54, 1.807) is 0 Å². The SMILES string of the molecule is Cc1ccc(-c2csc3ncn(CCC(=O)O)c(=O)c23)c(C)c1. The fourth-order valence-electron chi connectivity index (χ4n) is 2.66. The summed E-state index contributed by atoms with van der Waals surface area (Å²) in [6.07, 6.45) is 1.33. The molecular weight excluding hydrogens is 312 g/mol. The Kier molecular flexibility index (Phi) is 4.00. The van der Waals surface area contributed by atoms with Gasteiger partial charge in [0.25, 0.3) is 5.56 Å². The zero-order chi connectivity index (χ0) is 16.6. The summed E-state index contributed by atoms with van der Waals surface area (Å²) < 4.78 is 1.37. The van der Waals surface area contributed by atoms with Crippen LogP contribution in [0.4, 0.5) is 0 Å². The molecule has 0 aliphatic carbocycles. The first-order chi connectivity index (χ1) is 11.0. The summed E-state index contributed by atoms with van der Waals surface area (Å²) in [6.45, 7) is 4.17. The molecule has 0 spiro atoms. The number of aromatic nitrogens is 2. The number of nitrogens with zero attached hydrogens (tertiary/aromatic N) is 2. The molecule has 3 rings (SSSR count). The molecule has 0 unspecified atom stereocenters. The van der Waals surface area contributed by atoms with Crippen molar-refractivity contribution >= 4 is 27.5 Å². The van der Waals surface area contributed by atoms with Crippen LogP contribution in [0.25, 0.3) is 21.3 Å². The maximum absolute atomic E-state index is 12.7. The quantitative estimate of drug-likeness (QED) is 0.798. The van der Waals surface area contributed by atoms with Gasteiger partial charge in [-0.3, -0.25) is 14.2 Å². The summed E-state index contributed by atoms with van der Waals surface area (Å²) in [4.78, 5) is 28.4. The molecule has 118 valence electrons. The van der Waals surface area contributed by atoms with Crippen molar-refractivity contribution in [2.45, 2.75) is 26.8 Å². The van der Waals surface area contributed by atoms with Gasteiger partial charge in [0.05, 0.1) is 18.1 Å². The second-order valence-corrected chi connectivity index (χ2v) is 6.39. The number of aryl methyl sites for hydroxylation is 3. The van der Waals surface area contributed by atoms with E-state index in [9.17, 15) is 9.59 Å². The van der Waals surface area contributed by atoms with Crippen molar-refractivity contribution in [1.82, 2.24) is 9.55 Å². The van der Waals surface area contributed by atoms with Crippen LogP contribution < -0.4 is 5.56 Å². The van der Waals surface area contributed by atoms with Gasteiger partial charge in [-0.2, -0.15) is 0 Å². The number of hydrogen-bond donors (Lipinski definition) is 1. The van der Waals surface area contributed by atoms with Gasteiger partial charge in [0, 0.05) is 17.5 Å². The van der Waals surface area contributed by atoms with Crippen LogP contribution in [0.2, 0.25) is 0 Å². The highest BCUT2D eigenvalue weighted by atomic mass is 32.1. The largest absolute Gasteiger partial charge is 0.481 e. The molecule has 5 nitrogen and oxygen atoms in total. The molecule has 2 aromatic heterocycles. The molecule has 1 N–H and O–H groups in total. The normalized spacial score (nSPS) is 11.0. The lowest BCUT2D eigenvalue weighted by molar-refractivity contribution is -0.137. The fourth-order valence-corrected chi connectivity index (χ4v) is 3.55. The number of thiophene rings is 1. The van der Waals surface area contributed by atoms with Gasteiger partial charge >= 0.3 is 5.97 Å². The first-order valence-corrected chi connectivity index (χ1v) is 8.11. The molecule has 2 heterocycles. The second-order valence-electron chi connectivity index (χ2n) is 5.53. The van der Waals surface area contributed by atoms with Gasteiger partial charge in [-0.05, 0) is 25.0 Å². The van der Waals surface area contributed by atoms with Crippen molar-refractivity contribution in [1.29, 1.82) is 0 Å². The van der Waals surface area contributed by atoms with E-state index in [0.29, 0.717) is 10.2 Å². The predicted octanol–water partition coefficient (Wildman–Crippen LogP) is 3.22. The third-order valence-electron chi connectivity index (χ3n) is 3.80. The summed E-state index contributed by atoms with van der Waals surface area (Å²) in [6, 6.07) is 6.11. The maximum atomic E-state index is 12.7. The molecule has 1 aromatic carbocycles. The van der Waals surface area contributed by atoms with Gasteiger partial charge in [0.1, 0.15) is 4.83 Å². The molecule has 0 bridgehead atoms. The van der Waals surface area contributed by atoms with Crippen molar-refractivity contribution < 1.29 is 9.90 Å². The molecule has 0 saturated carbocycles. The molecular formula is C17H16N2O3S. The van der Waals surface area contributed by atoms with Crippen LogP contribution >= 0.6 is 11.3 Å². The summed E-state index contributed by atoms with van der Waals surface area (Å²) in [5, 5.41) is 11.3. The lowest BCUT2D eigenvalue weighted by Gasteiger charge is -2.07. The third kappa shape index (κ3) is 2.90. The van der Waals surface area contributed by atoms with Gasteiger partial charge < -0.3 is 5.11 Å². The Morgan fingerprint density at radius 2 is 2.09 bits per heavy atom. The zero-order valence-corrected chi connectivity index (χ0v) is 13.7. The molecule has 0 radical (unpaired) electrons. The summed E-state index contributed by atoms with van der Waals surface area (Å²) in [7, 11) is 0. The van der Waals surface area contributed by atoms with Crippen LogP contribution in [-0.2, 0) is 11.3 Å². The molecule has 0 saturated heterocycles. The molecule has 6 heteroatoms. The number of aliphatic carboxylic acids is 1. The molecule has 0 amide bonds. The summed E-state index contributed by atoms with van der Waals surface area (Å²) >= 11 is 1.43. The Hall–Kier alpha value is -2.47. The van der Waals surface area contributed by atoms with Crippen LogP contribution in [0.3, 0.4) is 0 Å². The summed E-state index contributed by atoms with van der Waals surface area (Å²) in [5.74, 6) is -0.933. The van der Waals surface area contributed by atoms with Crippen molar-refractivity contribution in [3.8, 4) is 11.1 Å². The first kappa shape index (κ1) is 15.4. The minimum Gasteiger partial charge on any atom is -0.481 e. The fraction of sp³-hybridized carbons (Fsp3) is 0.235. The van der Waals surface area contributed by atoms with E-state index in [0.717, 1.165) is 16.7 Å². The number of hydrogen-bond acceptors (Lipinski definition) is 4. The van der Waals surface area contributed by atoms with E-state index in [-0.39, 0.29) is 18.5 Å². The van der Waals surface area contributed by atoms with Crippen LogP contribution in [0.15, 0.2) is 34.7 Å². The van der Waals surface area contributed by atoms with Crippen molar-refractivity contribution in [3.05, 3.63) is 51.4 Å². The van der Waals surface area contributed by atoms with E-state index in [1.165, 1.54) is 27.8 Å². The molecule has 0 fully saturated rings. The number of fused-ring (bicyclic) bond motifs is 1. The van der Waals surface area contributed by atoms with Gasteiger partial charge in [-0.1, -0.05) is 23.8 Å². The standard InChI is InChI=1S/C17H16N2O3S/c1-10-3-4-12(11(2)7-10)13-8-23-16-15(13)17(22)19(9-18-16)6-5-14(20)21/h3-4,7-9H,5-6H2,1-2H3,(H,20,21). The highest BCUT2D eigenvalue weighted by molar-refractivity contribution is 7.17. The first-order valence-electron chi connectivity index (χ1n) is 7.23. The summed E-state index contributed by atoms with van der Waals surface area (Å²) in [5.41, 5.74) is 3.96. The molecule has 0 aliphatic rings. The minimum absolute atomic E-state index is 0.101. The zero-order valence-electron chi connectivity index (χ0n) is 12.9. The Morgan fingerprint density at radius 3 is 2.78 bits per heavy atom. The molecule has 0 atom stereocenters. The van der Waals surface area contributed by atoms with E-state index >= 15 is 0 Å². The highest BCUT2D eigenvalue weighted by Gasteiger charge is 2.15. The van der Waals surface area contributed by atoms with Crippen LogP contribution in [0.5, 0.6) is 0 Å². The van der Waals surface area contributed by atoms with E-state index in [1.807, 2.05) is 31.4 Å². The van der Waals surface area contributed by atoms with Crippen LogP contribution in [-0.4, -0.2) is 20.6 Å². The Bertz CT molecular complexity index is 956. The van der Waals surface area contributed by atoms with Gasteiger partial charge in [-0.25, -0.2) is 4.98 Å². The lowest BCUT2D eigenvalue weighted by atomic mass is 9.99. The van der Waals surface area contributed by atoms with Crippen LogP contribution in [0.1, 0.15) is 17.5 Å². The van der Waals surface area contributed by atoms with Crippen molar-refractivity contribution in [2.75, 3.05) is 0 Å². The smallest absolute Gasteiger partial charge is 0.305 e. The maximum Gasteiger partial charge on any atom is 0.305 e. The second kappa shape index (κ2) is 5.96. The van der Waals surface area contributed by atoms with E-state index in [2.05, 4.69) is 11.1 Å².